The zero-order valence-corrected chi connectivity index (χ0v) is 11.1. The highest BCUT2D eigenvalue weighted by Gasteiger charge is 2.39. The van der Waals surface area contributed by atoms with Gasteiger partial charge in [-0.3, -0.25) is 0 Å². The quantitative estimate of drug-likeness (QED) is 0.807. The maximum atomic E-state index is 12.6. The highest BCUT2D eigenvalue weighted by atomic mass is 79.9. The minimum atomic E-state index is -4.01. The van der Waals surface area contributed by atoms with Crippen molar-refractivity contribution < 1.29 is 22.3 Å². The van der Waals surface area contributed by atoms with E-state index in [1.54, 1.807) is 18.2 Å². The Morgan fingerprint density at radius 1 is 1.39 bits per heavy atom. The number of ether oxygens (including phenoxy) is 1. The monoisotopic (exact) mass is 329 g/mol. The van der Waals surface area contributed by atoms with Crippen molar-refractivity contribution in [1.82, 2.24) is 5.32 Å². The predicted molar refractivity (Wildman–Crippen MR) is 63.4 cm³/mol. The van der Waals surface area contributed by atoms with Crippen LogP contribution in [0.1, 0.15) is 5.56 Å². The van der Waals surface area contributed by atoms with E-state index < -0.39 is 18.9 Å². The average Bonchev–Trinajstić information content (AvgIpc) is 2.29. The summed E-state index contributed by atoms with van der Waals surface area (Å²) < 4.78 is 54.7. The number of alkyl halides is 4. The Balaban J connectivity index is 2.52. The van der Waals surface area contributed by atoms with E-state index in [0.717, 1.165) is 0 Å². The topological polar surface area (TPSA) is 21.3 Å². The van der Waals surface area contributed by atoms with Gasteiger partial charge in [-0.25, -0.2) is 8.78 Å². The minimum Gasteiger partial charge on any atom is -0.496 e. The Kier molecular flexibility index (Phi) is 5.40. The molecule has 0 aliphatic rings. The fourth-order valence-corrected chi connectivity index (χ4v) is 1.86. The first-order chi connectivity index (χ1) is 8.36. The van der Waals surface area contributed by atoms with Crippen LogP contribution in [-0.4, -0.2) is 26.0 Å². The van der Waals surface area contributed by atoms with Crippen molar-refractivity contribution in [3.8, 4) is 5.75 Å². The van der Waals surface area contributed by atoms with Gasteiger partial charge in [0.25, 0.3) is 0 Å². The van der Waals surface area contributed by atoms with E-state index in [2.05, 4.69) is 21.2 Å². The summed E-state index contributed by atoms with van der Waals surface area (Å²) in [6.45, 7) is -0.987. The maximum absolute atomic E-state index is 12.6. The first kappa shape index (κ1) is 15.2. The van der Waals surface area contributed by atoms with E-state index >= 15 is 0 Å². The lowest BCUT2D eigenvalue weighted by Crippen LogP contribution is -2.38. The molecule has 0 unspecified atom stereocenters. The lowest BCUT2D eigenvalue weighted by atomic mass is 10.2. The zero-order chi connectivity index (χ0) is 13.8. The Hall–Kier alpha value is -0.820. The van der Waals surface area contributed by atoms with Crippen LogP contribution >= 0.6 is 15.9 Å². The van der Waals surface area contributed by atoms with E-state index in [9.17, 15) is 17.6 Å². The third-order valence-corrected chi connectivity index (χ3v) is 2.84. The molecule has 1 aromatic carbocycles. The van der Waals surface area contributed by atoms with Gasteiger partial charge in [0.15, 0.2) is 0 Å². The molecule has 18 heavy (non-hydrogen) atoms. The van der Waals surface area contributed by atoms with Crippen LogP contribution in [-0.2, 0) is 6.54 Å². The first-order valence-electron chi connectivity index (χ1n) is 5.06. The maximum Gasteiger partial charge on any atom is 0.319 e. The van der Waals surface area contributed by atoms with Crippen molar-refractivity contribution in [2.24, 2.45) is 0 Å². The summed E-state index contributed by atoms with van der Waals surface area (Å²) in [7, 11) is 1.50. The molecule has 0 aliphatic carbocycles. The molecule has 0 bridgehead atoms. The summed E-state index contributed by atoms with van der Waals surface area (Å²) in [6, 6.07) is 5.00. The molecule has 0 saturated heterocycles. The van der Waals surface area contributed by atoms with Gasteiger partial charge in [0.2, 0.25) is 0 Å². The average molecular weight is 330 g/mol. The van der Waals surface area contributed by atoms with E-state index in [1.165, 1.54) is 7.11 Å². The molecule has 0 aliphatic heterocycles. The van der Waals surface area contributed by atoms with Crippen molar-refractivity contribution in [3.63, 3.8) is 0 Å². The molecular formula is C11H12BrF4NO. The summed E-state index contributed by atoms with van der Waals surface area (Å²) in [5.41, 5.74) is 0.688. The van der Waals surface area contributed by atoms with Gasteiger partial charge in [-0.2, -0.15) is 8.78 Å². The molecule has 2 nitrogen and oxygen atoms in total. The van der Waals surface area contributed by atoms with Crippen LogP contribution in [0.25, 0.3) is 0 Å². The molecule has 1 rings (SSSR count). The lowest BCUT2D eigenvalue weighted by Gasteiger charge is -2.16. The van der Waals surface area contributed by atoms with Crippen LogP contribution in [0.4, 0.5) is 17.6 Å². The van der Waals surface area contributed by atoms with Gasteiger partial charge >= 0.3 is 12.3 Å². The summed E-state index contributed by atoms with van der Waals surface area (Å²) in [5.74, 6) is -3.40. The van der Waals surface area contributed by atoms with Gasteiger partial charge in [-0.05, 0) is 33.6 Å². The van der Waals surface area contributed by atoms with E-state index in [0.29, 0.717) is 15.8 Å². The Bertz CT molecular complexity index is 401. The second kappa shape index (κ2) is 6.38. The molecule has 1 N–H and O–H groups in total. The molecule has 0 atom stereocenters. The molecule has 0 amide bonds. The van der Waals surface area contributed by atoms with Crippen LogP contribution < -0.4 is 10.1 Å². The van der Waals surface area contributed by atoms with Gasteiger partial charge in [-0.15, -0.1) is 0 Å². The molecule has 0 saturated carbocycles. The highest BCUT2D eigenvalue weighted by Crippen LogP contribution is 2.26. The number of rotatable bonds is 6. The molecule has 0 fully saturated rings. The predicted octanol–water partition coefficient (Wildman–Crippen LogP) is 3.45. The lowest BCUT2D eigenvalue weighted by molar-refractivity contribution is -0.125. The molecule has 7 heteroatoms. The normalized spacial score (nSPS) is 11.9. The van der Waals surface area contributed by atoms with Crippen LogP contribution in [0, 0.1) is 0 Å². The van der Waals surface area contributed by atoms with Crippen molar-refractivity contribution in [1.29, 1.82) is 0 Å². The molecule has 0 spiro atoms. The third-order valence-electron chi connectivity index (χ3n) is 2.23. The summed E-state index contributed by atoms with van der Waals surface area (Å²) >= 11 is 3.24. The van der Waals surface area contributed by atoms with E-state index in [-0.39, 0.29) is 6.54 Å². The van der Waals surface area contributed by atoms with Gasteiger partial charge in [-0.1, -0.05) is 6.07 Å². The zero-order valence-electron chi connectivity index (χ0n) is 9.52. The minimum absolute atomic E-state index is 0.0743. The Morgan fingerprint density at radius 2 is 2.06 bits per heavy atom. The second-order valence-electron chi connectivity index (χ2n) is 3.63. The number of methoxy groups -OCH3 is 1. The number of nitrogens with one attached hydrogen (secondary N) is 1. The summed E-state index contributed by atoms with van der Waals surface area (Å²) in [5, 5.41) is 2.30. The van der Waals surface area contributed by atoms with Crippen molar-refractivity contribution >= 4 is 15.9 Å². The van der Waals surface area contributed by atoms with Gasteiger partial charge in [0.1, 0.15) is 5.75 Å². The molecule has 0 aromatic heterocycles. The van der Waals surface area contributed by atoms with Crippen LogP contribution in [0.15, 0.2) is 22.7 Å². The second-order valence-corrected chi connectivity index (χ2v) is 4.49. The molecule has 0 heterocycles. The molecule has 0 radical (unpaired) electrons. The summed E-state index contributed by atoms with van der Waals surface area (Å²) in [4.78, 5) is 0. The number of hydrogen-bond acceptors (Lipinski definition) is 2. The number of hydrogen-bond donors (Lipinski definition) is 1. The number of benzene rings is 1. The fraction of sp³-hybridized carbons (Fsp3) is 0.455. The number of halogens is 5. The van der Waals surface area contributed by atoms with Gasteiger partial charge in [0, 0.05) is 6.54 Å². The first-order valence-corrected chi connectivity index (χ1v) is 5.85. The fourth-order valence-electron chi connectivity index (χ4n) is 1.27. The van der Waals surface area contributed by atoms with Crippen LogP contribution in [0.3, 0.4) is 0 Å². The Labute approximate surface area is 110 Å². The van der Waals surface area contributed by atoms with E-state index in [1.807, 2.05) is 0 Å². The molecular weight excluding hydrogens is 318 g/mol. The SMILES string of the molecule is COc1ccc(CNCC(F)(F)C(F)F)cc1Br. The molecule has 1 aromatic rings. The standard InChI is InChI=1S/C11H12BrF4NO/c1-18-9-3-2-7(4-8(9)12)5-17-6-11(15,16)10(13)14/h2-4,10,17H,5-6H2,1H3. The Morgan fingerprint density at radius 3 is 2.56 bits per heavy atom. The third kappa shape index (κ3) is 4.13. The highest BCUT2D eigenvalue weighted by molar-refractivity contribution is 9.10. The summed E-state index contributed by atoms with van der Waals surface area (Å²) in [6.07, 6.45) is -3.66. The molecule has 102 valence electrons. The van der Waals surface area contributed by atoms with Crippen LogP contribution in [0.5, 0.6) is 5.75 Å². The largest absolute Gasteiger partial charge is 0.496 e. The smallest absolute Gasteiger partial charge is 0.319 e. The van der Waals surface area contributed by atoms with Crippen molar-refractivity contribution in [3.05, 3.63) is 28.2 Å². The van der Waals surface area contributed by atoms with E-state index in [4.69, 9.17) is 4.74 Å². The van der Waals surface area contributed by atoms with Gasteiger partial charge < -0.3 is 10.1 Å². The van der Waals surface area contributed by atoms with Gasteiger partial charge in [0.05, 0.1) is 18.1 Å². The van der Waals surface area contributed by atoms with Crippen LogP contribution in [0.2, 0.25) is 0 Å². The van der Waals surface area contributed by atoms with Crippen molar-refractivity contribution in [2.45, 2.75) is 18.9 Å². The van der Waals surface area contributed by atoms with Crippen molar-refractivity contribution in [2.75, 3.05) is 13.7 Å².